The first-order valence-corrected chi connectivity index (χ1v) is 6.98. The van der Waals surface area contributed by atoms with Crippen molar-refractivity contribution in [1.82, 2.24) is 19.8 Å². The molecule has 0 aliphatic rings. The lowest BCUT2D eigenvalue weighted by molar-refractivity contribution is 0.393. The first-order valence-electron chi connectivity index (χ1n) is 6.98. The third-order valence-electron chi connectivity index (χ3n) is 3.22. The number of nitrogens with zero attached hydrogens (tertiary/aromatic N) is 3. The van der Waals surface area contributed by atoms with Crippen molar-refractivity contribution < 1.29 is 0 Å². The molecule has 2 aromatic rings. The highest BCUT2D eigenvalue weighted by atomic mass is 16.1. The number of hydrogen-bond donors (Lipinski definition) is 1. The second-order valence-corrected chi connectivity index (χ2v) is 5.17. The zero-order chi connectivity index (χ0) is 14.4. The molecule has 0 atom stereocenters. The highest BCUT2D eigenvalue weighted by molar-refractivity contribution is 5.76. The zero-order valence-corrected chi connectivity index (χ0v) is 12.2. The topological polar surface area (TPSA) is 50.2 Å². The molecule has 0 saturated heterocycles. The summed E-state index contributed by atoms with van der Waals surface area (Å²) in [6.45, 7) is 3.48. The number of nitrogens with one attached hydrogen (secondary N) is 1. The number of aromatic nitrogens is 2. The Bertz CT molecular complexity index is 606. The summed E-state index contributed by atoms with van der Waals surface area (Å²) in [7, 11) is 4.14. The number of hydrogen-bond acceptors (Lipinski definition) is 4. The normalized spacial score (nSPS) is 11.3. The number of rotatable bonds is 7. The smallest absolute Gasteiger partial charge is 0.261 e. The van der Waals surface area contributed by atoms with Gasteiger partial charge in [0.25, 0.3) is 5.56 Å². The van der Waals surface area contributed by atoms with E-state index in [-0.39, 0.29) is 5.56 Å². The van der Waals surface area contributed by atoms with Crippen LogP contribution in [0.3, 0.4) is 0 Å². The van der Waals surface area contributed by atoms with Gasteiger partial charge in [-0.15, -0.1) is 0 Å². The maximum Gasteiger partial charge on any atom is 0.261 e. The van der Waals surface area contributed by atoms with Gasteiger partial charge in [0.2, 0.25) is 0 Å². The molecule has 0 spiro atoms. The van der Waals surface area contributed by atoms with Crippen molar-refractivity contribution in [2.45, 2.75) is 13.0 Å². The van der Waals surface area contributed by atoms with Gasteiger partial charge in [-0.3, -0.25) is 9.36 Å². The molecule has 5 heteroatoms. The Morgan fingerprint density at radius 3 is 2.85 bits per heavy atom. The Morgan fingerprint density at radius 1 is 1.25 bits per heavy atom. The van der Waals surface area contributed by atoms with Crippen LogP contribution in [0.5, 0.6) is 0 Å². The summed E-state index contributed by atoms with van der Waals surface area (Å²) < 4.78 is 1.67. The van der Waals surface area contributed by atoms with Crippen molar-refractivity contribution in [2.24, 2.45) is 0 Å². The van der Waals surface area contributed by atoms with E-state index in [0.717, 1.165) is 31.6 Å². The summed E-state index contributed by atoms with van der Waals surface area (Å²) >= 11 is 0. The van der Waals surface area contributed by atoms with Crippen molar-refractivity contribution in [1.29, 1.82) is 0 Å². The summed E-state index contributed by atoms with van der Waals surface area (Å²) in [4.78, 5) is 18.7. The van der Waals surface area contributed by atoms with Crippen LogP contribution in [0.2, 0.25) is 0 Å². The molecule has 5 nitrogen and oxygen atoms in total. The average molecular weight is 274 g/mol. The molecule has 0 fully saturated rings. The fourth-order valence-electron chi connectivity index (χ4n) is 2.11. The molecular weight excluding hydrogens is 252 g/mol. The molecule has 0 bridgehead atoms. The molecule has 0 saturated carbocycles. The second kappa shape index (κ2) is 7.17. The monoisotopic (exact) mass is 274 g/mol. The van der Waals surface area contributed by atoms with Crippen LogP contribution in [0, 0.1) is 0 Å². The van der Waals surface area contributed by atoms with E-state index in [1.807, 2.05) is 24.3 Å². The molecule has 0 aliphatic heterocycles. The van der Waals surface area contributed by atoms with E-state index < -0.39 is 0 Å². The second-order valence-electron chi connectivity index (χ2n) is 5.17. The van der Waals surface area contributed by atoms with E-state index in [9.17, 15) is 4.79 Å². The van der Waals surface area contributed by atoms with Gasteiger partial charge in [-0.2, -0.15) is 0 Å². The van der Waals surface area contributed by atoms with Crippen LogP contribution in [-0.4, -0.2) is 48.2 Å². The van der Waals surface area contributed by atoms with Crippen LogP contribution in [-0.2, 0) is 6.54 Å². The minimum Gasteiger partial charge on any atom is -0.315 e. The lowest BCUT2D eigenvalue weighted by Crippen LogP contribution is -2.28. The van der Waals surface area contributed by atoms with Crippen molar-refractivity contribution in [2.75, 3.05) is 33.7 Å². The average Bonchev–Trinajstić information content (AvgIpc) is 2.45. The molecule has 0 radical (unpaired) electrons. The van der Waals surface area contributed by atoms with Crippen molar-refractivity contribution >= 4 is 10.9 Å². The van der Waals surface area contributed by atoms with Gasteiger partial charge in [0.1, 0.15) is 0 Å². The maximum absolute atomic E-state index is 12.2. The number of benzene rings is 1. The quantitative estimate of drug-likeness (QED) is 0.763. The minimum absolute atomic E-state index is 0.0330. The highest BCUT2D eigenvalue weighted by Gasteiger charge is 2.02. The van der Waals surface area contributed by atoms with E-state index in [1.54, 1.807) is 10.9 Å². The van der Waals surface area contributed by atoms with Crippen LogP contribution in [0.1, 0.15) is 6.42 Å². The van der Waals surface area contributed by atoms with Gasteiger partial charge in [-0.25, -0.2) is 4.98 Å². The summed E-state index contributed by atoms with van der Waals surface area (Å²) in [6, 6.07) is 7.45. The third kappa shape index (κ3) is 3.88. The van der Waals surface area contributed by atoms with Crippen LogP contribution < -0.4 is 10.9 Å². The van der Waals surface area contributed by atoms with E-state index in [4.69, 9.17) is 0 Å². The number of para-hydroxylation sites is 1. The van der Waals surface area contributed by atoms with Crippen LogP contribution >= 0.6 is 0 Å². The van der Waals surface area contributed by atoms with Crippen molar-refractivity contribution in [3.63, 3.8) is 0 Å². The van der Waals surface area contributed by atoms with Gasteiger partial charge in [-0.1, -0.05) is 12.1 Å². The lowest BCUT2D eigenvalue weighted by atomic mass is 10.2. The van der Waals surface area contributed by atoms with Crippen LogP contribution in [0.4, 0.5) is 0 Å². The number of fused-ring (bicyclic) bond motifs is 1. The Labute approximate surface area is 119 Å². The molecule has 0 amide bonds. The highest BCUT2D eigenvalue weighted by Crippen LogP contribution is 2.04. The molecule has 1 N–H and O–H groups in total. The first kappa shape index (κ1) is 14.7. The van der Waals surface area contributed by atoms with Gasteiger partial charge >= 0.3 is 0 Å². The van der Waals surface area contributed by atoms with Gasteiger partial charge in [0.05, 0.1) is 17.2 Å². The summed E-state index contributed by atoms with van der Waals surface area (Å²) in [5.41, 5.74) is 0.790. The largest absolute Gasteiger partial charge is 0.315 e. The zero-order valence-electron chi connectivity index (χ0n) is 12.2. The van der Waals surface area contributed by atoms with Crippen molar-refractivity contribution in [3.8, 4) is 0 Å². The SMILES string of the molecule is CN(C)CCCNCCn1cnc2ccccc2c1=O. The molecule has 0 aliphatic carbocycles. The molecule has 108 valence electrons. The Hall–Kier alpha value is -1.72. The lowest BCUT2D eigenvalue weighted by Gasteiger charge is -2.10. The van der Waals surface area contributed by atoms with Crippen LogP contribution in [0.15, 0.2) is 35.4 Å². The standard InChI is InChI=1S/C15H22N4O/c1-18(2)10-5-8-16-9-11-19-12-17-14-7-4-3-6-13(14)15(19)20/h3-4,6-7,12,16H,5,8-11H2,1-2H3. The molecule has 20 heavy (non-hydrogen) atoms. The summed E-state index contributed by atoms with van der Waals surface area (Å²) in [6.07, 6.45) is 2.74. The predicted octanol–water partition coefficient (Wildman–Crippen LogP) is 0.938. The van der Waals surface area contributed by atoms with E-state index >= 15 is 0 Å². The summed E-state index contributed by atoms with van der Waals surface area (Å²) in [5.74, 6) is 0. The molecule has 1 aromatic carbocycles. The Balaban J connectivity index is 1.87. The van der Waals surface area contributed by atoms with E-state index in [1.165, 1.54) is 0 Å². The van der Waals surface area contributed by atoms with Gasteiger partial charge in [0.15, 0.2) is 0 Å². The fraction of sp³-hybridized carbons (Fsp3) is 0.467. The molecule has 1 aromatic heterocycles. The predicted molar refractivity (Wildman–Crippen MR) is 82.0 cm³/mol. The molecule has 1 heterocycles. The minimum atomic E-state index is 0.0330. The summed E-state index contributed by atoms with van der Waals surface area (Å²) in [5, 5.41) is 4.03. The molecule has 2 rings (SSSR count). The van der Waals surface area contributed by atoms with E-state index in [0.29, 0.717) is 11.9 Å². The van der Waals surface area contributed by atoms with Gasteiger partial charge in [-0.05, 0) is 45.7 Å². The van der Waals surface area contributed by atoms with Crippen LogP contribution in [0.25, 0.3) is 10.9 Å². The van der Waals surface area contributed by atoms with Crippen molar-refractivity contribution in [3.05, 3.63) is 40.9 Å². The maximum atomic E-state index is 12.2. The fourth-order valence-corrected chi connectivity index (χ4v) is 2.11. The Kier molecular flexibility index (Phi) is 5.26. The van der Waals surface area contributed by atoms with Gasteiger partial charge in [0, 0.05) is 13.1 Å². The Morgan fingerprint density at radius 2 is 2.05 bits per heavy atom. The molecular formula is C15H22N4O. The van der Waals surface area contributed by atoms with E-state index in [2.05, 4.69) is 29.3 Å². The first-order chi connectivity index (χ1) is 9.68. The van der Waals surface area contributed by atoms with Gasteiger partial charge < -0.3 is 10.2 Å². The molecule has 0 unspecified atom stereocenters. The third-order valence-corrected chi connectivity index (χ3v) is 3.22.